The molecule has 6 heteroatoms. The summed E-state index contributed by atoms with van der Waals surface area (Å²) < 4.78 is 0. The van der Waals surface area contributed by atoms with Crippen LogP contribution in [-0.2, 0) is 6.42 Å². The van der Waals surface area contributed by atoms with Crippen LogP contribution in [-0.4, -0.2) is 15.8 Å². The molecule has 0 saturated heterocycles. The third-order valence-corrected chi connectivity index (χ3v) is 2.99. The molecule has 0 atom stereocenters. The van der Waals surface area contributed by atoms with Crippen LogP contribution in [0.25, 0.3) is 11.0 Å². The topological polar surface area (TPSA) is 91.8 Å². The van der Waals surface area contributed by atoms with Crippen molar-refractivity contribution < 1.29 is 0 Å². The van der Waals surface area contributed by atoms with E-state index in [1.54, 1.807) is 0 Å². The van der Waals surface area contributed by atoms with E-state index < -0.39 is 0 Å². The number of nitrogens with two attached hydrogens (primary N) is 1. The third kappa shape index (κ3) is 3.11. The Morgan fingerprint density at radius 2 is 1.81 bits per heavy atom. The molecule has 2 aromatic carbocycles. The summed E-state index contributed by atoms with van der Waals surface area (Å²) in [6.07, 6.45) is 0.529. The lowest BCUT2D eigenvalue weighted by atomic mass is 10.1. The number of aromatic amines is 1. The Morgan fingerprint density at radius 3 is 2.57 bits per heavy atom. The van der Waals surface area contributed by atoms with E-state index in [2.05, 4.69) is 25.3 Å². The summed E-state index contributed by atoms with van der Waals surface area (Å²) in [6, 6.07) is 17.5. The molecule has 0 unspecified atom stereocenters. The molecule has 0 aliphatic carbocycles. The van der Waals surface area contributed by atoms with Gasteiger partial charge in [-0.2, -0.15) is 5.10 Å². The number of aromatic nitrogens is 2. The number of benzene rings is 2. The van der Waals surface area contributed by atoms with E-state index in [9.17, 15) is 0 Å². The number of H-pyrrole nitrogens is 1. The average Bonchev–Trinajstić information content (AvgIpc) is 2.95. The molecule has 0 radical (unpaired) electrons. The average molecular weight is 278 g/mol. The van der Waals surface area contributed by atoms with Gasteiger partial charge in [0.05, 0.1) is 11.0 Å². The summed E-state index contributed by atoms with van der Waals surface area (Å²) in [7, 11) is 0. The van der Waals surface area contributed by atoms with Gasteiger partial charge in [-0.3, -0.25) is 0 Å². The van der Waals surface area contributed by atoms with Gasteiger partial charge in [0.2, 0.25) is 5.95 Å². The highest BCUT2D eigenvalue weighted by Crippen LogP contribution is 2.16. The normalized spacial score (nSPS) is 12.3. The van der Waals surface area contributed by atoms with Crippen LogP contribution in [0.4, 0.5) is 5.95 Å². The highest BCUT2D eigenvalue weighted by atomic mass is 15.3. The molecule has 0 saturated carbocycles. The van der Waals surface area contributed by atoms with Crippen LogP contribution in [0.2, 0.25) is 0 Å². The summed E-state index contributed by atoms with van der Waals surface area (Å²) in [4.78, 5) is 7.39. The highest BCUT2D eigenvalue weighted by molar-refractivity contribution is 5.84. The molecule has 104 valence electrons. The van der Waals surface area contributed by atoms with Crippen molar-refractivity contribution in [2.75, 3.05) is 0 Å². The number of nitrogens with zero attached hydrogens (tertiary/aromatic N) is 4. The molecule has 0 amide bonds. The lowest BCUT2D eigenvalue weighted by Gasteiger charge is -1.98. The molecule has 3 aromatic rings. The van der Waals surface area contributed by atoms with Crippen molar-refractivity contribution in [3.63, 3.8) is 0 Å². The zero-order chi connectivity index (χ0) is 14.5. The van der Waals surface area contributed by atoms with Crippen molar-refractivity contribution in [3.8, 4) is 0 Å². The number of hydrogen-bond acceptors (Lipinski definition) is 4. The Hall–Kier alpha value is -3.02. The highest BCUT2D eigenvalue weighted by Gasteiger charge is 2.02. The van der Waals surface area contributed by atoms with Crippen LogP contribution in [0, 0.1) is 0 Å². The number of hydrogen-bond donors (Lipinski definition) is 2. The minimum Gasteiger partial charge on any atom is -0.321 e. The van der Waals surface area contributed by atoms with Crippen LogP contribution in [0.15, 0.2) is 69.9 Å². The molecule has 1 aromatic heterocycles. The Bertz CT molecular complexity index is 755. The zero-order valence-corrected chi connectivity index (χ0v) is 11.3. The van der Waals surface area contributed by atoms with E-state index in [0.717, 1.165) is 16.6 Å². The lowest BCUT2D eigenvalue weighted by Crippen LogP contribution is -2.02. The molecular weight excluding hydrogens is 264 g/mol. The van der Waals surface area contributed by atoms with Crippen molar-refractivity contribution >= 4 is 22.8 Å². The molecule has 0 aliphatic rings. The van der Waals surface area contributed by atoms with Gasteiger partial charge in [-0.25, -0.2) is 4.98 Å². The number of rotatable bonds is 3. The molecule has 0 bridgehead atoms. The molecule has 21 heavy (non-hydrogen) atoms. The SMILES string of the molecule is NN=C(Cc1ccccc1)N=Nc1nc2ccccc2[nH]1. The van der Waals surface area contributed by atoms with Gasteiger partial charge in [-0.1, -0.05) is 42.5 Å². The number of hydrazone groups is 1. The van der Waals surface area contributed by atoms with Gasteiger partial charge < -0.3 is 10.8 Å². The third-order valence-electron chi connectivity index (χ3n) is 2.99. The quantitative estimate of drug-likeness (QED) is 0.253. The Morgan fingerprint density at radius 1 is 1.05 bits per heavy atom. The molecule has 0 aliphatic heterocycles. The largest absolute Gasteiger partial charge is 0.321 e. The summed E-state index contributed by atoms with van der Waals surface area (Å²) in [5.41, 5.74) is 2.84. The van der Waals surface area contributed by atoms with Gasteiger partial charge >= 0.3 is 0 Å². The van der Waals surface area contributed by atoms with Crippen LogP contribution >= 0.6 is 0 Å². The van der Waals surface area contributed by atoms with Crippen molar-refractivity contribution in [1.29, 1.82) is 0 Å². The molecule has 1 heterocycles. The van der Waals surface area contributed by atoms with Crippen LogP contribution in [0.1, 0.15) is 5.56 Å². The minimum atomic E-state index is 0.436. The van der Waals surface area contributed by atoms with Gasteiger partial charge in [0.25, 0.3) is 0 Å². The molecule has 0 fully saturated rings. The number of amidine groups is 1. The minimum absolute atomic E-state index is 0.436. The van der Waals surface area contributed by atoms with Crippen molar-refractivity contribution in [2.24, 2.45) is 21.2 Å². The maximum absolute atomic E-state index is 5.36. The first-order chi connectivity index (χ1) is 10.3. The monoisotopic (exact) mass is 278 g/mol. The van der Waals surface area contributed by atoms with Gasteiger partial charge in [-0.15, -0.1) is 10.2 Å². The summed E-state index contributed by atoms with van der Waals surface area (Å²) in [5, 5.41) is 11.8. The maximum atomic E-state index is 5.36. The number of imidazole rings is 1. The predicted octanol–water partition coefficient (Wildman–Crippen LogP) is 3.16. The van der Waals surface area contributed by atoms with Crippen LogP contribution in [0.3, 0.4) is 0 Å². The van der Waals surface area contributed by atoms with Crippen molar-refractivity contribution in [1.82, 2.24) is 9.97 Å². The van der Waals surface area contributed by atoms with E-state index in [4.69, 9.17) is 5.84 Å². The van der Waals surface area contributed by atoms with Gasteiger partial charge in [0.15, 0.2) is 5.84 Å². The number of nitrogens with one attached hydrogen (secondary N) is 1. The fourth-order valence-corrected chi connectivity index (χ4v) is 1.98. The Labute approximate surface area is 121 Å². The second-order valence-electron chi connectivity index (χ2n) is 4.49. The molecule has 3 rings (SSSR count). The number of fused-ring (bicyclic) bond motifs is 1. The zero-order valence-electron chi connectivity index (χ0n) is 11.3. The predicted molar refractivity (Wildman–Crippen MR) is 82.4 cm³/mol. The molecule has 6 nitrogen and oxygen atoms in total. The lowest BCUT2D eigenvalue weighted by molar-refractivity contribution is 1.09. The summed E-state index contributed by atoms with van der Waals surface area (Å²) >= 11 is 0. The second kappa shape index (κ2) is 5.96. The maximum Gasteiger partial charge on any atom is 0.247 e. The van der Waals surface area contributed by atoms with Crippen LogP contribution < -0.4 is 5.84 Å². The Kier molecular flexibility index (Phi) is 3.68. The van der Waals surface area contributed by atoms with E-state index in [0.29, 0.717) is 18.2 Å². The summed E-state index contributed by atoms with van der Waals surface area (Å²) in [5.74, 6) is 6.25. The smallest absolute Gasteiger partial charge is 0.247 e. The summed E-state index contributed by atoms with van der Waals surface area (Å²) in [6.45, 7) is 0. The van der Waals surface area contributed by atoms with E-state index in [-0.39, 0.29) is 0 Å². The van der Waals surface area contributed by atoms with Gasteiger partial charge in [0, 0.05) is 6.42 Å². The van der Waals surface area contributed by atoms with E-state index in [1.807, 2.05) is 54.6 Å². The van der Waals surface area contributed by atoms with Crippen molar-refractivity contribution in [3.05, 3.63) is 60.2 Å². The standard InChI is InChI=1S/C15H14N6/c16-19-14(10-11-6-2-1-3-7-11)20-21-15-17-12-8-4-5-9-13(12)18-15/h1-9H,10,16H2,(H,17,18). The van der Waals surface area contributed by atoms with Gasteiger partial charge in [0.1, 0.15) is 0 Å². The van der Waals surface area contributed by atoms with Gasteiger partial charge in [-0.05, 0) is 17.7 Å². The Balaban J connectivity index is 1.77. The van der Waals surface area contributed by atoms with E-state index in [1.165, 1.54) is 0 Å². The molecule has 3 N–H and O–H groups in total. The second-order valence-corrected chi connectivity index (χ2v) is 4.49. The van der Waals surface area contributed by atoms with Crippen molar-refractivity contribution in [2.45, 2.75) is 6.42 Å². The fourth-order valence-electron chi connectivity index (χ4n) is 1.98. The first-order valence-corrected chi connectivity index (χ1v) is 6.52. The number of para-hydroxylation sites is 2. The first-order valence-electron chi connectivity index (χ1n) is 6.52. The molecule has 0 spiro atoms. The van der Waals surface area contributed by atoms with Crippen LogP contribution in [0.5, 0.6) is 0 Å². The van der Waals surface area contributed by atoms with E-state index >= 15 is 0 Å². The number of azo groups is 1. The molecular formula is C15H14N6. The first kappa shape index (κ1) is 13.0. The fraction of sp³-hybridized carbons (Fsp3) is 0.0667.